The zero-order valence-corrected chi connectivity index (χ0v) is 15.1. The van der Waals surface area contributed by atoms with Crippen LogP contribution in [0.25, 0.3) is 16.9 Å². The Morgan fingerprint density at radius 3 is 2.43 bits per heavy atom. The summed E-state index contributed by atoms with van der Waals surface area (Å²) in [5, 5.41) is 3.98. The molecule has 148 valence electrons. The van der Waals surface area contributed by atoms with Crippen molar-refractivity contribution in [2.75, 3.05) is 13.7 Å². The van der Waals surface area contributed by atoms with E-state index in [4.69, 9.17) is 0 Å². The summed E-state index contributed by atoms with van der Waals surface area (Å²) >= 11 is 0. The van der Waals surface area contributed by atoms with Crippen LogP contribution in [0.1, 0.15) is 23.0 Å². The number of hydrogen-bond donors (Lipinski definition) is 0. The van der Waals surface area contributed by atoms with Gasteiger partial charge in [0.2, 0.25) is 0 Å². The van der Waals surface area contributed by atoms with E-state index in [2.05, 4.69) is 14.8 Å². The fraction of sp³-hybridized carbons (Fsp3) is 0.211. The van der Waals surface area contributed by atoms with Gasteiger partial charge in [-0.05, 0) is 37.3 Å². The van der Waals surface area contributed by atoms with Crippen LogP contribution in [0.3, 0.4) is 0 Å². The lowest BCUT2D eigenvalue weighted by atomic mass is 10.1. The van der Waals surface area contributed by atoms with E-state index in [0.29, 0.717) is 23.6 Å². The van der Waals surface area contributed by atoms with Crippen LogP contribution in [-0.4, -0.2) is 34.8 Å². The summed E-state index contributed by atoms with van der Waals surface area (Å²) in [6.45, 7) is 2.78. The lowest BCUT2D eigenvalue weighted by molar-refractivity contribution is -0.140. The summed E-state index contributed by atoms with van der Waals surface area (Å²) in [4.78, 5) is 14.9. The van der Waals surface area contributed by atoms with Crippen molar-refractivity contribution in [2.45, 2.75) is 13.1 Å². The Morgan fingerprint density at radius 2 is 1.93 bits per heavy atom. The zero-order valence-electron chi connectivity index (χ0n) is 15.1. The first-order valence-corrected chi connectivity index (χ1v) is 8.13. The predicted molar refractivity (Wildman–Crippen MR) is 94.7 cm³/mol. The highest BCUT2D eigenvalue weighted by Gasteiger charge is 2.34. The van der Waals surface area contributed by atoms with Crippen LogP contribution < -0.4 is 0 Å². The minimum atomic E-state index is -4.78. The van der Waals surface area contributed by atoms with Crippen LogP contribution >= 0.6 is 0 Å². The van der Waals surface area contributed by atoms with E-state index in [-0.39, 0.29) is 11.4 Å². The molecular weight excluding hydrogens is 378 g/mol. The molecule has 0 atom stereocenters. The molecule has 2 aromatic heterocycles. The predicted octanol–water partition coefficient (Wildman–Crippen LogP) is 4.56. The fourth-order valence-corrected chi connectivity index (χ4v) is 2.24. The smallest absolute Gasteiger partial charge is 0.385 e. The van der Waals surface area contributed by atoms with Gasteiger partial charge in [0, 0.05) is 37.7 Å². The van der Waals surface area contributed by atoms with Crippen LogP contribution in [0, 0.1) is 5.82 Å². The molecule has 3 rings (SSSR count). The molecule has 28 heavy (non-hydrogen) atoms. The standard InChI is InChI=1S/C16H9F4N3O.C3H8O/c17-14-7-12(3-4-13(14)16(18,19)20)23-15(6-11(9-24)22-23)10-2-1-5-21-8-10;1-3-4-2/h1-9H;3H2,1-2H3. The van der Waals surface area contributed by atoms with Gasteiger partial charge in [0.1, 0.15) is 11.5 Å². The van der Waals surface area contributed by atoms with Crippen molar-refractivity contribution >= 4 is 6.29 Å². The number of methoxy groups -OCH3 is 1. The Kier molecular flexibility index (Phi) is 7.00. The molecule has 0 aliphatic rings. The number of pyridine rings is 1. The highest BCUT2D eigenvalue weighted by atomic mass is 19.4. The van der Waals surface area contributed by atoms with Crippen molar-refractivity contribution in [1.29, 1.82) is 0 Å². The molecule has 0 spiro atoms. The zero-order chi connectivity index (χ0) is 20.7. The number of carbonyl (C=O) groups excluding carboxylic acids is 1. The van der Waals surface area contributed by atoms with Crippen molar-refractivity contribution in [1.82, 2.24) is 14.8 Å². The lowest BCUT2D eigenvalue weighted by Crippen LogP contribution is -2.09. The molecule has 0 amide bonds. The van der Waals surface area contributed by atoms with Crippen LogP contribution in [0.15, 0.2) is 48.8 Å². The van der Waals surface area contributed by atoms with Gasteiger partial charge in [-0.1, -0.05) is 0 Å². The molecule has 1 aromatic carbocycles. The molecule has 0 fully saturated rings. The molecule has 0 bridgehead atoms. The number of benzene rings is 1. The van der Waals surface area contributed by atoms with E-state index in [1.54, 1.807) is 25.4 Å². The number of carbonyl (C=O) groups is 1. The summed E-state index contributed by atoms with van der Waals surface area (Å²) in [5.74, 6) is -1.42. The van der Waals surface area contributed by atoms with Crippen LogP contribution in [0.2, 0.25) is 0 Å². The second-order valence-electron chi connectivity index (χ2n) is 5.47. The van der Waals surface area contributed by atoms with E-state index in [9.17, 15) is 22.4 Å². The van der Waals surface area contributed by atoms with Gasteiger partial charge >= 0.3 is 6.18 Å². The summed E-state index contributed by atoms with van der Waals surface area (Å²) in [6.07, 6.45) is -1.24. The highest BCUT2D eigenvalue weighted by Crippen LogP contribution is 2.33. The van der Waals surface area contributed by atoms with E-state index < -0.39 is 17.6 Å². The largest absolute Gasteiger partial charge is 0.419 e. The third kappa shape index (κ3) is 5.01. The Hall–Kier alpha value is -3.07. The topological polar surface area (TPSA) is 57.0 Å². The quantitative estimate of drug-likeness (QED) is 0.480. The number of alkyl halides is 3. The second kappa shape index (κ2) is 9.23. The molecular formula is C19H17F4N3O2. The van der Waals surface area contributed by atoms with Crippen molar-refractivity contribution in [3.8, 4) is 16.9 Å². The molecule has 9 heteroatoms. The van der Waals surface area contributed by atoms with E-state index >= 15 is 0 Å². The van der Waals surface area contributed by atoms with E-state index in [1.165, 1.54) is 16.9 Å². The van der Waals surface area contributed by atoms with Gasteiger partial charge in [-0.25, -0.2) is 9.07 Å². The molecule has 0 unspecified atom stereocenters. The number of halogens is 4. The van der Waals surface area contributed by atoms with Crippen LogP contribution in [-0.2, 0) is 10.9 Å². The van der Waals surface area contributed by atoms with Crippen LogP contribution in [0.4, 0.5) is 17.6 Å². The molecule has 0 saturated carbocycles. The number of nitrogens with zero attached hydrogens (tertiary/aromatic N) is 3. The maximum Gasteiger partial charge on any atom is 0.419 e. The van der Waals surface area contributed by atoms with Gasteiger partial charge in [0.05, 0.1) is 16.9 Å². The Labute approximate surface area is 158 Å². The number of aromatic nitrogens is 3. The minimum absolute atomic E-state index is 0.0625. The molecule has 0 N–H and O–H groups in total. The fourth-order valence-electron chi connectivity index (χ4n) is 2.24. The van der Waals surface area contributed by atoms with E-state index in [1.807, 2.05) is 6.92 Å². The average Bonchev–Trinajstić information content (AvgIpc) is 3.12. The summed E-state index contributed by atoms with van der Waals surface area (Å²) < 4.78 is 57.6. The van der Waals surface area contributed by atoms with Gasteiger partial charge in [0.25, 0.3) is 0 Å². The van der Waals surface area contributed by atoms with Crippen molar-refractivity contribution < 1.29 is 27.1 Å². The Morgan fingerprint density at radius 1 is 1.21 bits per heavy atom. The molecule has 2 heterocycles. The second-order valence-corrected chi connectivity index (χ2v) is 5.47. The van der Waals surface area contributed by atoms with Crippen molar-refractivity contribution in [2.24, 2.45) is 0 Å². The Balaban J connectivity index is 0.000000640. The number of rotatable bonds is 4. The monoisotopic (exact) mass is 395 g/mol. The number of hydrogen-bond acceptors (Lipinski definition) is 4. The molecule has 0 aliphatic carbocycles. The first kappa shape index (κ1) is 21.2. The van der Waals surface area contributed by atoms with Gasteiger partial charge in [0.15, 0.2) is 6.29 Å². The molecule has 0 aliphatic heterocycles. The minimum Gasteiger partial charge on any atom is -0.385 e. The number of ether oxygens (including phenoxy) is 1. The lowest BCUT2D eigenvalue weighted by Gasteiger charge is -2.11. The van der Waals surface area contributed by atoms with Gasteiger partial charge in [-0.15, -0.1) is 0 Å². The summed E-state index contributed by atoms with van der Waals surface area (Å²) in [6, 6.07) is 7.24. The Bertz CT molecular complexity index is 923. The summed E-state index contributed by atoms with van der Waals surface area (Å²) in [7, 11) is 1.68. The molecule has 0 saturated heterocycles. The third-order valence-corrected chi connectivity index (χ3v) is 3.60. The van der Waals surface area contributed by atoms with E-state index in [0.717, 1.165) is 18.7 Å². The molecule has 5 nitrogen and oxygen atoms in total. The van der Waals surface area contributed by atoms with Gasteiger partial charge < -0.3 is 4.74 Å². The highest BCUT2D eigenvalue weighted by molar-refractivity contribution is 5.76. The normalized spacial score (nSPS) is 10.9. The van der Waals surface area contributed by atoms with Crippen LogP contribution in [0.5, 0.6) is 0 Å². The van der Waals surface area contributed by atoms with Gasteiger partial charge in [-0.2, -0.15) is 18.3 Å². The van der Waals surface area contributed by atoms with Crippen molar-refractivity contribution in [3.05, 3.63) is 65.9 Å². The SMILES string of the molecule is CCOC.O=Cc1cc(-c2cccnc2)n(-c2ccc(C(F)(F)F)c(F)c2)n1. The van der Waals surface area contributed by atoms with Gasteiger partial charge in [-0.3, -0.25) is 9.78 Å². The number of aldehydes is 1. The maximum absolute atomic E-state index is 13.8. The molecule has 3 aromatic rings. The summed E-state index contributed by atoms with van der Waals surface area (Å²) in [5.41, 5.74) is -0.249. The first-order valence-electron chi connectivity index (χ1n) is 8.13. The first-order chi connectivity index (χ1) is 13.3. The van der Waals surface area contributed by atoms with Crippen molar-refractivity contribution in [3.63, 3.8) is 0 Å². The third-order valence-electron chi connectivity index (χ3n) is 3.60. The maximum atomic E-state index is 13.8. The molecule has 0 radical (unpaired) electrons. The average molecular weight is 395 g/mol.